The van der Waals surface area contributed by atoms with E-state index in [0.29, 0.717) is 50.5 Å². The highest BCUT2D eigenvalue weighted by Crippen LogP contribution is 2.31. The summed E-state index contributed by atoms with van der Waals surface area (Å²) in [6.07, 6.45) is 1.12. The molecule has 3 rings (SSSR count). The van der Waals surface area contributed by atoms with E-state index in [2.05, 4.69) is 10.6 Å². The predicted molar refractivity (Wildman–Crippen MR) is 89.8 cm³/mol. The molecule has 2 aliphatic heterocycles. The Morgan fingerprint density at radius 1 is 1.04 bits per heavy atom. The normalized spacial score (nSPS) is 18.8. The first-order valence-corrected chi connectivity index (χ1v) is 8.23. The van der Waals surface area contributed by atoms with Crippen LogP contribution >= 0.6 is 0 Å². The summed E-state index contributed by atoms with van der Waals surface area (Å²) in [7, 11) is 0. The second kappa shape index (κ2) is 7.20. The van der Waals surface area contributed by atoms with E-state index in [0.717, 1.165) is 0 Å². The average molecular weight is 347 g/mol. The van der Waals surface area contributed by atoms with Gasteiger partial charge in [-0.3, -0.25) is 14.4 Å². The number of nitrogens with one attached hydrogen (secondary N) is 2. The van der Waals surface area contributed by atoms with Crippen molar-refractivity contribution in [3.8, 4) is 0 Å². The predicted octanol–water partition coefficient (Wildman–Crippen LogP) is 0.949. The molecule has 2 aliphatic rings. The van der Waals surface area contributed by atoms with Gasteiger partial charge in [0.15, 0.2) is 5.79 Å². The number of carbonyl (C=O) groups is 3. The van der Waals surface area contributed by atoms with Gasteiger partial charge < -0.3 is 25.0 Å². The Bertz CT molecular complexity index is 675. The fourth-order valence-electron chi connectivity index (χ4n) is 3.04. The second-order valence-electron chi connectivity index (χ2n) is 6.12. The van der Waals surface area contributed by atoms with Crippen LogP contribution in [0.1, 0.15) is 19.8 Å². The van der Waals surface area contributed by atoms with Crippen molar-refractivity contribution in [2.45, 2.75) is 25.6 Å². The minimum absolute atomic E-state index is 0.210. The average Bonchev–Trinajstić information content (AvgIpc) is 3.03. The van der Waals surface area contributed by atoms with E-state index in [4.69, 9.17) is 9.47 Å². The van der Waals surface area contributed by atoms with E-state index < -0.39 is 17.6 Å². The smallest absolute Gasteiger partial charge is 0.313 e. The molecule has 2 N–H and O–H groups in total. The lowest BCUT2D eigenvalue weighted by atomic mass is 10.0. The third kappa shape index (κ3) is 4.15. The van der Waals surface area contributed by atoms with Crippen LogP contribution in [-0.4, -0.2) is 54.7 Å². The van der Waals surface area contributed by atoms with Gasteiger partial charge in [0.2, 0.25) is 5.91 Å². The first kappa shape index (κ1) is 17.4. The number of ether oxygens (including phenoxy) is 2. The van der Waals surface area contributed by atoms with Crippen LogP contribution in [0.25, 0.3) is 0 Å². The minimum Gasteiger partial charge on any atom is -0.347 e. The molecule has 8 heteroatoms. The van der Waals surface area contributed by atoms with Gasteiger partial charge in [0.25, 0.3) is 0 Å². The number of anilines is 2. The Morgan fingerprint density at radius 3 is 2.24 bits per heavy atom. The van der Waals surface area contributed by atoms with Crippen molar-refractivity contribution in [1.29, 1.82) is 0 Å². The molecular formula is C17H21N3O5. The largest absolute Gasteiger partial charge is 0.347 e. The minimum atomic E-state index is -0.704. The topological polar surface area (TPSA) is 97.0 Å². The van der Waals surface area contributed by atoms with Crippen LogP contribution < -0.4 is 10.6 Å². The van der Waals surface area contributed by atoms with Crippen LogP contribution in [0, 0.1) is 0 Å². The Kier molecular flexibility index (Phi) is 5.00. The Balaban J connectivity index is 1.56. The Morgan fingerprint density at radius 2 is 1.64 bits per heavy atom. The number of hydrogen-bond acceptors (Lipinski definition) is 5. The number of amides is 3. The van der Waals surface area contributed by atoms with Gasteiger partial charge in [-0.15, -0.1) is 0 Å². The lowest BCUT2D eigenvalue weighted by Gasteiger charge is -2.37. The van der Waals surface area contributed by atoms with E-state index in [-0.39, 0.29) is 5.91 Å². The first-order chi connectivity index (χ1) is 12.0. The van der Waals surface area contributed by atoms with Gasteiger partial charge in [-0.2, -0.15) is 0 Å². The lowest BCUT2D eigenvalue weighted by Crippen LogP contribution is -2.50. The zero-order valence-corrected chi connectivity index (χ0v) is 14.0. The summed E-state index contributed by atoms with van der Waals surface area (Å²) in [5.41, 5.74) is 0.994. The summed E-state index contributed by atoms with van der Waals surface area (Å²) in [6.45, 7) is 3.37. The fraction of sp³-hybridized carbons (Fsp3) is 0.471. The molecule has 8 nitrogen and oxygen atoms in total. The van der Waals surface area contributed by atoms with Crippen molar-refractivity contribution >= 4 is 29.1 Å². The molecule has 0 atom stereocenters. The molecule has 0 unspecified atom stereocenters. The maximum absolute atomic E-state index is 12.3. The van der Waals surface area contributed by atoms with Crippen molar-refractivity contribution in [3.05, 3.63) is 24.3 Å². The molecule has 0 aromatic heterocycles. The van der Waals surface area contributed by atoms with Crippen LogP contribution in [0.2, 0.25) is 0 Å². The van der Waals surface area contributed by atoms with Gasteiger partial charge in [-0.25, -0.2) is 0 Å². The summed E-state index contributed by atoms with van der Waals surface area (Å²) in [5.74, 6) is -2.08. The highest BCUT2D eigenvalue weighted by molar-refractivity contribution is 6.39. The molecule has 0 saturated carbocycles. The molecule has 1 spiro atoms. The highest BCUT2D eigenvalue weighted by Gasteiger charge is 2.41. The number of likely N-dealkylation sites (tertiary alicyclic amines) is 1. The molecule has 1 aromatic rings. The number of piperidine rings is 1. The van der Waals surface area contributed by atoms with E-state index in [9.17, 15) is 14.4 Å². The lowest BCUT2D eigenvalue weighted by molar-refractivity contribution is -0.187. The van der Waals surface area contributed by atoms with Gasteiger partial charge in [0, 0.05) is 44.2 Å². The molecule has 134 valence electrons. The van der Waals surface area contributed by atoms with Crippen molar-refractivity contribution in [2.75, 3.05) is 36.9 Å². The summed E-state index contributed by atoms with van der Waals surface area (Å²) in [6, 6.07) is 6.63. The molecular weight excluding hydrogens is 326 g/mol. The van der Waals surface area contributed by atoms with Crippen LogP contribution in [0.4, 0.5) is 11.4 Å². The summed E-state index contributed by atoms with van der Waals surface area (Å²) >= 11 is 0. The molecule has 2 fully saturated rings. The highest BCUT2D eigenvalue weighted by atomic mass is 16.7. The number of nitrogens with zero attached hydrogens (tertiary/aromatic N) is 1. The molecule has 2 heterocycles. The number of rotatable bonds is 2. The van der Waals surface area contributed by atoms with Crippen molar-refractivity contribution in [1.82, 2.24) is 4.90 Å². The maximum atomic E-state index is 12.3. The number of carbonyl (C=O) groups excluding carboxylic acids is 3. The molecule has 25 heavy (non-hydrogen) atoms. The van der Waals surface area contributed by atoms with Crippen molar-refractivity contribution in [2.24, 2.45) is 0 Å². The first-order valence-electron chi connectivity index (χ1n) is 8.23. The Labute approximate surface area is 145 Å². The van der Waals surface area contributed by atoms with Gasteiger partial charge in [0.1, 0.15) is 0 Å². The van der Waals surface area contributed by atoms with E-state index in [1.54, 1.807) is 24.3 Å². The van der Waals surface area contributed by atoms with Gasteiger partial charge in [-0.1, -0.05) is 6.07 Å². The quantitative estimate of drug-likeness (QED) is 0.777. The van der Waals surface area contributed by atoms with Crippen LogP contribution in [-0.2, 0) is 23.9 Å². The third-order valence-electron chi connectivity index (χ3n) is 4.26. The maximum Gasteiger partial charge on any atom is 0.313 e. The standard InChI is InChI=1S/C17H21N3O5/c1-12(21)18-13-3-2-4-14(11-13)19-15(22)16(23)20-7-5-17(6-8-20)24-9-10-25-17/h2-4,11H,5-10H2,1H3,(H,18,21)(H,19,22). The van der Waals surface area contributed by atoms with Gasteiger partial charge in [-0.05, 0) is 18.2 Å². The van der Waals surface area contributed by atoms with Crippen LogP contribution in [0.5, 0.6) is 0 Å². The molecule has 0 radical (unpaired) electrons. The molecule has 3 amide bonds. The van der Waals surface area contributed by atoms with E-state index in [1.165, 1.54) is 11.8 Å². The molecule has 0 aliphatic carbocycles. The fourth-order valence-corrected chi connectivity index (χ4v) is 3.04. The molecule has 0 bridgehead atoms. The third-order valence-corrected chi connectivity index (χ3v) is 4.26. The van der Waals surface area contributed by atoms with Crippen LogP contribution in [0.3, 0.4) is 0 Å². The van der Waals surface area contributed by atoms with Gasteiger partial charge in [0.05, 0.1) is 13.2 Å². The zero-order chi connectivity index (χ0) is 17.9. The van der Waals surface area contributed by atoms with E-state index >= 15 is 0 Å². The second-order valence-corrected chi connectivity index (χ2v) is 6.12. The summed E-state index contributed by atoms with van der Waals surface area (Å²) in [5, 5.41) is 5.20. The Hall–Kier alpha value is -2.45. The SMILES string of the molecule is CC(=O)Nc1cccc(NC(=O)C(=O)N2CCC3(CC2)OCCO3)c1. The van der Waals surface area contributed by atoms with Crippen molar-refractivity contribution in [3.63, 3.8) is 0 Å². The van der Waals surface area contributed by atoms with Gasteiger partial charge >= 0.3 is 11.8 Å². The molecule has 1 aromatic carbocycles. The zero-order valence-electron chi connectivity index (χ0n) is 14.0. The summed E-state index contributed by atoms with van der Waals surface area (Å²) in [4.78, 5) is 37.1. The van der Waals surface area contributed by atoms with Crippen LogP contribution in [0.15, 0.2) is 24.3 Å². The summed E-state index contributed by atoms with van der Waals surface area (Å²) < 4.78 is 11.2. The van der Waals surface area contributed by atoms with E-state index in [1.807, 2.05) is 0 Å². The molecule has 2 saturated heterocycles. The monoisotopic (exact) mass is 347 g/mol. The van der Waals surface area contributed by atoms with Crippen molar-refractivity contribution < 1.29 is 23.9 Å². The number of hydrogen-bond donors (Lipinski definition) is 2. The number of benzene rings is 1.